The number of aromatic nitrogens is 5. The first-order chi connectivity index (χ1) is 16.6. The second-order valence-electron chi connectivity index (χ2n) is 7.80. The van der Waals surface area contributed by atoms with Crippen LogP contribution in [-0.4, -0.2) is 37.1 Å². The summed E-state index contributed by atoms with van der Waals surface area (Å²) < 4.78 is 13.3. The molecule has 9 heteroatoms. The number of nitrogens with zero attached hydrogens (tertiary/aromatic N) is 5. The molecule has 3 aromatic heterocycles. The first kappa shape index (κ1) is 21.3. The molecule has 0 aliphatic heterocycles. The van der Waals surface area contributed by atoms with Crippen LogP contribution < -0.4 is 5.73 Å². The summed E-state index contributed by atoms with van der Waals surface area (Å²) >= 11 is 0. The van der Waals surface area contributed by atoms with Crippen LogP contribution in [0.4, 0.5) is 5.82 Å². The Morgan fingerprint density at radius 2 is 1.88 bits per heavy atom. The molecule has 0 fully saturated rings. The fourth-order valence-corrected chi connectivity index (χ4v) is 3.64. The van der Waals surface area contributed by atoms with Crippen molar-refractivity contribution < 1.29 is 13.9 Å². The molecule has 5 aromatic rings. The fourth-order valence-electron chi connectivity index (χ4n) is 3.64. The molecule has 0 atom stereocenters. The van der Waals surface area contributed by atoms with E-state index in [9.17, 15) is 4.79 Å². The van der Waals surface area contributed by atoms with Gasteiger partial charge in [-0.1, -0.05) is 42.0 Å². The van der Waals surface area contributed by atoms with Gasteiger partial charge in [0.2, 0.25) is 5.89 Å². The average molecular weight is 454 g/mol. The molecule has 0 saturated carbocycles. The van der Waals surface area contributed by atoms with Crippen molar-refractivity contribution in [2.24, 2.45) is 0 Å². The first-order valence-corrected chi connectivity index (χ1v) is 10.8. The highest BCUT2D eigenvalue weighted by Crippen LogP contribution is 2.28. The van der Waals surface area contributed by atoms with E-state index in [1.165, 1.54) is 6.33 Å². The Morgan fingerprint density at radius 1 is 1.06 bits per heavy atom. The maximum Gasteiger partial charge on any atom is 0.338 e. The van der Waals surface area contributed by atoms with Crippen molar-refractivity contribution in [1.29, 1.82) is 0 Å². The average Bonchev–Trinajstić information content (AvgIpc) is 3.51. The van der Waals surface area contributed by atoms with Crippen molar-refractivity contribution >= 4 is 23.0 Å². The Labute approximate surface area is 195 Å². The third kappa shape index (κ3) is 4.23. The number of nitrogen functional groups attached to an aromatic ring is 1. The van der Waals surface area contributed by atoms with E-state index < -0.39 is 5.97 Å². The van der Waals surface area contributed by atoms with Gasteiger partial charge in [-0.2, -0.15) is 0 Å². The Hall–Kier alpha value is -4.53. The van der Waals surface area contributed by atoms with Crippen LogP contribution in [0.1, 0.15) is 22.3 Å². The molecule has 2 aromatic carbocycles. The highest BCUT2D eigenvalue weighted by Gasteiger charge is 2.18. The van der Waals surface area contributed by atoms with Gasteiger partial charge in [0.05, 0.1) is 30.3 Å². The minimum Gasteiger partial charge on any atom is -0.462 e. The third-order valence-electron chi connectivity index (χ3n) is 5.43. The predicted molar refractivity (Wildman–Crippen MR) is 127 cm³/mol. The molecule has 0 aliphatic rings. The number of ether oxygens (including phenoxy) is 1. The summed E-state index contributed by atoms with van der Waals surface area (Å²) in [7, 11) is 0. The van der Waals surface area contributed by atoms with Gasteiger partial charge < -0.3 is 19.5 Å². The predicted octanol–water partition coefficient (Wildman–Crippen LogP) is 4.29. The largest absolute Gasteiger partial charge is 0.462 e. The molecule has 2 N–H and O–H groups in total. The van der Waals surface area contributed by atoms with Crippen molar-refractivity contribution in [2.75, 3.05) is 12.3 Å². The number of carbonyl (C=O) groups is 1. The normalized spacial score (nSPS) is 11.1. The number of hydrogen-bond acceptors (Lipinski definition) is 8. The Morgan fingerprint density at radius 3 is 2.74 bits per heavy atom. The van der Waals surface area contributed by atoms with Crippen molar-refractivity contribution in [2.45, 2.75) is 19.9 Å². The topological polar surface area (TPSA) is 122 Å². The van der Waals surface area contributed by atoms with E-state index in [0.29, 0.717) is 52.7 Å². The third-order valence-corrected chi connectivity index (χ3v) is 5.43. The molecule has 9 nitrogen and oxygen atoms in total. The maximum atomic E-state index is 12.8. The number of oxazole rings is 1. The summed E-state index contributed by atoms with van der Waals surface area (Å²) in [5.41, 5.74) is 10.1. The lowest BCUT2D eigenvalue weighted by Crippen LogP contribution is -2.10. The molecule has 0 unspecified atom stereocenters. The van der Waals surface area contributed by atoms with Crippen LogP contribution in [0.2, 0.25) is 0 Å². The number of anilines is 1. The molecule has 0 bridgehead atoms. The number of rotatable bonds is 7. The number of esters is 1. The summed E-state index contributed by atoms with van der Waals surface area (Å²) in [6.07, 6.45) is 5.30. The molecule has 0 saturated heterocycles. The molecule has 170 valence electrons. The Bertz CT molecular complexity index is 1460. The van der Waals surface area contributed by atoms with Crippen LogP contribution in [-0.2, 0) is 11.3 Å². The van der Waals surface area contributed by atoms with Gasteiger partial charge in [0, 0.05) is 12.1 Å². The fraction of sp³-hybridized carbons (Fsp3) is 0.160. The van der Waals surface area contributed by atoms with E-state index in [-0.39, 0.29) is 6.61 Å². The van der Waals surface area contributed by atoms with E-state index in [0.717, 1.165) is 11.1 Å². The lowest BCUT2D eigenvalue weighted by Gasteiger charge is -2.08. The zero-order valence-electron chi connectivity index (χ0n) is 18.5. The number of fused-ring (bicyclic) bond motifs is 1. The van der Waals surface area contributed by atoms with Gasteiger partial charge >= 0.3 is 5.97 Å². The number of carbonyl (C=O) groups excluding carboxylic acids is 1. The number of aryl methyl sites for hydroxylation is 2. The van der Waals surface area contributed by atoms with E-state index in [4.69, 9.17) is 14.9 Å². The van der Waals surface area contributed by atoms with Gasteiger partial charge in [0.1, 0.15) is 11.8 Å². The van der Waals surface area contributed by atoms with Crippen molar-refractivity contribution in [3.63, 3.8) is 0 Å². The number of imidazole rings is 1. The quantitative estimate of drug-likeness (QED) is 0.285. The zero-order chi connectivity index (χ0) is 23.5. The van der Waals surface area contributed by atoms with Gasteiger partial charge in [0.25, 0.3) is 0 Å². The van der Waals surface area contributed by atoms with Crippen LogP contribution in [0.3, 0.4) is 0 Å². The minimum absolute atomic E-state index is 0.230. The summed E-state index contributed by atoms with van der Waals surface area (Å²) in [6, 6.07) is 15.1. The Kier molecular flexibility index (Phi) is 5.73. The molecule has 5 rings (SSSR count). The summed E-state index contributed by atoms with van der Waals surface area (Å²) in [5, 5.41) is 0. The SMILES string of the molecule is Cc1ccc(-c2cnc(-c3ccccc3C(=O)OCCCn3cnc4c(N)ncnc43)o2)cc1. The smallest absolute Gasteiger partial charge is 0.338 e. The Balaban J connectivity index is 1.25. The molecule has 3 heterocycles. The lowest BCUT2D eigenvalue weighted by molar-refractivity contribution is 0.0497. The van der Waals surface area contributed by atoms with E-state index in [1.54, 1.807) is 30.7 Å². The number of benzene rings is 2. The number of nitrogens with two attached hydrogens (primary N) is 1. The number of hydrogen-bond donors (Lipinski definition) is 1. The van der Waals surface area contributed by atoms with Crippen molar-refractivity contribution in [3.8, 4) is 22.8 Å². The highest BCUT2D eigenvalue weighted by molar-refractivity contribution is 5.96. The summed E-state index contributed by atoms with van der Waals surface area (Å²) in [5.74, 6) is 0.900. The maximum absolute atomic E-state index is 12.8. The lowest BCUT2D eigenvalue weighted by atomic mass is 10.1. The molecule has 0 amide bonds. The minimum atomic E-state index is -0.437. The second-order valence-corrected chi connectivity index (χ2v) is 7.80. The van der Waals surface area contributed by atoms with E-state index in [1.807, 2.05) is 41.8 Å². The van der Waals surface area contributed by atoms with Crippen LogP contribution in [0.25, 0.3) is 33.9 Å². The zero-order valence-corrected chi connectivity index (χ0v) is 18.5. The van der Waals surface area contributed by atoms with Gasteiger partial charge in [-0.3, -0.25) is 0 Å². The molecular weight excluding hydrogens is 432 g/mol. The van der Waals surface area contributed by atoms with Crippen LogP contribution >= 0.6 is 0 Å². The van der Waals surface area contributed by atoms with E-state index in [2.05, 4.69) is 19.9 Å². The van der Waals surface area contributed by atoms with Crippen LogP contribution in [0.15, 0.2) is 71.8 Å². The standard InChI is InChI=1S/C25H22N6O3/c1-16-7-9-17(10-8-16)20-13-27-24(34-20)18-5-2-3-6-19(18)25(32)33-12-4-11-31-15-30-21-22(26)28-14-29-23(21)31/h2-3,5-10,13-15H,4,11-12H2,1H3,(H2,26,28,29). The monoisotopic (exact) mass is 454 g/mol. The van der Waals surface area contributed by atoms with Crippen molar-refractivity contribution in [1.82, 2.24) is 24.5 Å². The molecule has 0 spiro atoms. The summed E-state index contributed by atoms with van der Waals surface area (Å²) in [6.45, 7) is 2.83. The molecule has 34 heavy (non-hydrogen) atoms. The second kappa shape index (κ2) is 9.14. The molecular formula is C25H22N6O3. The summed E-state index contributed by atoms with van der Waals surface area (Å²) in [4.78, 5) is 29.6. The van der Waals surface area contributed by atoms with Gasteiger partial charge in [-0.15, -0.1) is 0 Å². The highest BCUT2D eigenvalue weighted by atomic mass is 16.5. The van der Waals surface area contributed by atoms with Gasteiger partial charge in [-0.25, -0.2) is 24.7 Å². The van der Waals surface area contributed by atoms with Crippen molar-refractivity contribution in [3.05, 3.63) is 78.5 Å². The van der Waals surface area contributed by atoms with Crippen LogP contribution in [0, 0.1) is 6.92 Å². The van der Waals surface area contributed by atoms with Gasteiger partial charge in [-0.05, 0) is 25.5 Å². The molecule has 0 aliphatic carbocycles. The van der Waals surface area contributed by atoms with E-state index >= 15 is 0 Å². The van der Waals surface area contributed by atoms with Crippen LogP contribution in [0.5, 0.6) is 0 Å². The van der Waals surface area contributed by atoms with Gasteiger partial charge in [0.15, 0.2) is 17.2 Å². The molecule has 0 radical (unpaired) electrons. The first-order valence-electron chi connectivity index (χ1n) is 10.8.